The summed E-state index contributed by atoms with van der Waals surface area (Å²) in [6.07, 6.45) is 6.38. The van der Waals surface area contributed by atoms with E-state index in [9.17, 15) is 0 Å². The molecule has 0 aliphatic carbocycles. The first-order valence-electron chi connectivity index (χ1n) is 4.36. The zero-order valence-electron chi connectivity index (χ0n) is 7.57. The van der Waals surface area contributed by atoms with Crippen molar-refractivity contribution in [2.24, 2.45) is 5.73 Å². The standard InChI is InChI=1S/C9H12N4/c1-2-9-12-7(5-10)8-6-11-3-4-13(8)9/h3-4,6H,2,5,10H2,1H3. The summed E-state index contributed by atoms with van der Waals surface area (Å²) in [5.41, 5.74) is 7.52. The Labute approximate surface area is 76.4 Å². The summed E-state index contributed by atoms with van der Waals surface area (Å²) in [5, 5.41) is 0. The molecule has 0 aromatic carbocycles. The number of fused-ring (bicyclic) bond motifs is 1. The van der Waals surface area contributed by atoms with Crippen molar-refractivity contribution in [3.63, 3.8) is 0 Å². The van der Waals surface area contributed by atoms with Gasteiger partial charge in [-0.3, -0.25) is 4.98 Å². The molecule has 2 rings (SSSR count). The highest BCUT2D eigenvalue weighted by molar-refractivity contribution is 5.51. The second kappa shape index (κ2) is 3.14. The van der Waals surface area contributed by atoms with Crippen LogP contribution < -0.4 is 5.73 Å². The number of nitrogens with two attached hydrogens (primary N) is 1. The molecule has 0 spiro atoms. The Morgan fingerprint density at radius 2 is 2.38 bits per heavy atom. The Kier molecular flexibility index (Phi) is 1.98. The fourth-order valence-electron chi connectivity index (χ4n) is 1.47. The number of aromatic nitrogens is 3. The molecule has 0 bridgehead atoms. The zero-order valence-corrected chi connectivity index (χ0v) is 7.57. The van der Waals surface area contributed by atoms with Gasteiger partial charge in [0.05, 0.1) is 17.4 Å². The van der Waals surface area contributed by atoms with Crippen LogP contribution in [0.2, 0.25) is 0 Å². The van der Waals surface area contributed by atoms with E-state index >= 15 is 0 Å². The van der Waals surface area contributed by atoms with Crippen LogP contribution in [-0.4, -0.2) is 14.4 Å². The second-order valence-corrected chi connectivity index (χ2v) is 2.86. The highest BCUT2D eigenvalue weighted by Gasteiger charge is 2.06. The molecule has 4 nitrogen and oxygen atoms in total. The molecule has 0 fully saturated rings. The third kappa shape index (κ3) is 1.19. The molecule has 2 aromatic heterocycles. The number of rotatable bonds is 2. The minimum absolute atomic E-state index is 0.467. The lowest BCUT2D eigenvalue weighted by atomic mass is 10.4. The van der Waals surface area contributed by atoms with Gasteiger partial charge in [0.25, 0.3) is 0 Å². The van der Waals surface area contributed by atoms with Gasteiger partial charge in [-0.1, -0.05) is 6.92 Å². The van der Waals surface area contributed by atoms with Crippen LogP contribution in [0.3, 0.4) is 0 Å². The predicted octanol–water partition coefficient (Wildman–Crippen LogP) is 0.750. The molecule has 68 valence electrons. The summed E-state index contributed by atoms with van der Waals surface area (Å²) in [5.74, 6) is 1.04. The Balaban J connectivity index is 2.74. The van der Waals surface area contributed by atoms with E-state index in [-0.39, 0.29) is 0 Å². The van der Waals surface area contributed by atoms with Crippen LogP contribution in [-0.2, 0) is 13.0 Å². The SMILES string of the molecule is CCc1nc(CN)c2cnccn12. The molecule has 0 saturated carbocycles. The molecule has 13 heavy (non-hydrogen) atoms. The van der Waals surface area contributed by atoms with Crippen molar-refractivity contribution in [2.75, 3.05) is 0 Å². The Hall–Kier alpha value is -1.42. The van der Waals surface area contributed by atoms with Crippen molar-refractivity contribution in [1.82, 2.24) is 14.4 Å². The van der Waals surface area contributed by atoms with Gasteiger partial charge in [-0.2, -0.15) is 0 Å². The van der Waals surface area contributed by atoms with Crippen LogP contribution >= 0.6 is 0 Å². The Morgan fingerprint density at radius 1 is 1.54 bits per heavy atom. The van der Waals surface area contributed by atoms with Crippen molar-refractivity contribution in [3.05, 3.63) is 30.1 Å². The lowest BCUT2D eigenvalue weighted by molar-refractivity contribution is 0.912. The first-order chi connectivity index (χ1) is 6.36. The molecule has 2 N–H and O–H groups in total. The van der Waals surface area contributed by atoms with Gasteiger partial charge in [-0.15, -0.1) is 0 Å². The van der Waals surface area contributed by atoms with Crippen molar-refractivity contribution in [3.8, 4) is 0 Å². The fraction of sp³-hybridized carbons (Fsp3) is 0.333. The van der Waals surface area contributed by atoms with Gasteiger partial charge in [-0.05, 0) is 0 Å². The van der Waals surface area contributed by atoms with E-state index in [0.717, 1.165) is 23.5 Å². The summed E-state index contributed by atoms with van der Waals surface area (Å²) in [4.78, 5) is 8.48. The molecule has 0 saturated heterocycles. The predicted molar refractivity (Wildman–Crippen MR) is 50.3 cm³/mol. The molecule has 0 unspecified atom stereocenters. The van der Waals surface area contributed by atoms with E-state index in [2.05, 4.69) is 16.9 Å². The third-order valence-corrected chi connectivity index (χ3v) is 2.11. The van der Waals surface area contributed by atoms with E-state index in [1.165, 1.54) is 0 Å². The highest BCUT2D eigenvalue weighted by atomic mass is 15.0. The van der Waals surface area contributed by atoms with E-state index < -0.39 is 0 Å². The molecule has 0 aliphatic heterocycles. The first kappa shape index (κ1) is 8.19. The van der Waals surface area contributed by atoms with E-state index in [0.29, 0.717) is 6.54 Å². The van der Waals surface area contributed by atoms with Gasteiger partial charge < -0.3 is 10.1 Å². The molecule has 4 heteroatoms. The summed E-state index contributed by atoms with van der Waals surface area (Å²) >= 11 is 0. The van der Waals surface area contributed by atoms with Gasteiger partial charge >= 0.3 is 0 Å². The number of aryl methyl sites for hydroxylation is 1. The van der Waals surface area contributed by atoms with Gasteiger partial charge in [0, 0.05) is 25.4 Å². The average Bonchev–Trinajstić information content (AvgIpc) is 2.56. The van der Waals surface area contributed by atoms with Gasteiger partial charge in [-0.25, -0.2) is 4.98 Å². The third-order valence-electron chi connectivity index (χ3n) is 2.11. The van der Waals surface area contributed by atoms with Crippen LogP contribution in [0.15, 0.2) is 18.6 Å². The largest absolute Gasteiger partial charge is 0.325 e. The Bertz CT molecular complexity index is 380. The summed E-state index contributed by atoms with van der Waals surface area (Å²) in [6, 6.07) is 0. The lowest BCUT2D eigenvalue weighted by Crippen LogP contribution is -1.97. The average molecular weight is 176 g/mol. The lowest BCUT2D eigenvalue weighted by Gasteiger charge is -1.95. The maximum absolute atomic E-state index is 5.58. The fourth-order valence-corrected chi connectivity index (χ4v) is 1.47. The summed E-state index contributed by atoms with van der Waals surface area (Å²) < 4.78 is 2.04. The normalized spacial score (nSPS) is 10.9. The molecular weight excluding hydrogens is 164 g/mol. The van der Waals surface area contributed by atoms with E-state index in [1.807, 2.05) is 10.6 Å². The molecule has 0 amide bonds. The highest BCUT2D eigenvalue weighted by Crippen LogP contribution is 2.11. The van der Waals surface area contributed by atoms with Crippen molar-refractivity contribution < 1.29 is 0 Å². The molecule has 0 aliphatic rings. The number of imidazole rings is 1. The van der Waals surface area contributed by atoms with Crippen molar-refractivity contribution >= 4 is 5.52 Å². The molecule has 0 radical (unpaired) electrons. The zero-order chi connectivity index (χ0) is 9.26. The van der Waals surface area contributed by atoms with Crippen molar-refractivity contribution in [2.45, 2.75) is 19.9 Å². The monoisotopic (exact) mass is 176 g/mol. The number of nitrogens with zero attached hydrogens (tertiary/aromatic N) is 3. The Morgan fingerprint density at radius 3 is 3.08 bits per heavy atom. The molecule has 0 atom stereocenters. The minimum Gasteiger partial charge on any atom is -0.325 e. The topological polar surface area (TPSA) is 56.2 Å². The smallest absolute Gasteiger partial charge is 0.113 e. The van der Waals surface area contributed by atoms with E-state index in [1.54, 1.807) is 12.4 Å². The van der Waals surface area contributed by atoms with Crippen LogP contribution in [0.1, 0.15) is 18.4 Å². The maximum Gasteiger partial charge on any atom is 0.113 e. The second-order valence-electron chi connectivity index (χ2n) is 2.86. The minimum atomic E-state index is 0.467. The van der Waals surface area contributed by atoms with Gasteiger partial charge in [0.1, 0.15) is 5.82 Å². The van der Waals surface area contributed by atoms with Crippen LogP contribution in [0.5, 0.6) is 0 Å². The van der Waals surface area contributed by atoms with Crippen LogP contribution in [0.4, 0.5) is 0 Å². The molecule has 2 heterocycles. The first-order valence-corrected chi connectivity index (χ1v) is 4.36. The van der Waals surface area contributed by atoms with Gasteiger partial charge in [0.15, 0.2) is 0 Å². The number of hydrogen-bond acceptors (Lipinski definition) is 3. The quantitative estimate of drug-likeness (QED) is 0.734. The van der Waals surface area contributed by atoms with Gasteiger partial charge in [0.2, 0.25) is 0 Å². The maximum atomic E-state index is 5.58. The van der Waals surface area contributed by atoms with E-state index in [4.69, 9.17) is 5.73 Å². The van der Waals surface area contributed by atoms with Crippen LogP contribution in [0, 0.1) is 0 Å². The summed E-state index contributed by atoms with van der Waals surface area (Å²) in [7, 11) is 0. The molecular formula is C9H12N4. The van der Waals surface area contributed by atoms with Crippen molar-refractivity contribution in [1.29, 1.82) is 0 Å². The number of hydrogen-bond donors (Lipinski definition) is 1. The molecule has 2 aromatic rings. The summed E-state index contributed by atoms with van der Waals surface area (Å²) in [6.45, 7) is 2.55. The van der Waals surface area contributed by atoms with Crippen LogP contribution in [0.25, 0.3) is 5.52 Å².